The minimum absolute atomic E-state index is 0.564. The Labute approximate surface area is 88.1 Å². The molecule has 1 unspecified atom stereocenters. The molecule has 0 aromatic rings. The van der Waals surface area contributed by atoms with Crippen LogP contribution in [0.2, 0.25) is 0 Å². The fraction of sp³-hybridized carbons (Fsp3) is 1.00. The van der Waals surface area contributed by atoms with E-state index in [4.69, 9.17) is 0 Å². The number of likely N-dealkylation sites (tertiary alicyclic amines) is 1. The average molecular weight is 196 g/mol. The zero-order chi connectivity index (χ0) is 10.0. The van der Waals surface area contributed by atoms with Gasteiger partial charge in [0.05, 0.1) is 0 Å². The number of hydrogen-bond acceptors (Lipinski definition) is 2. The third kappa shape index (κ3) is 1.96. The lowest BCUT2D eigenvalue weighted by molar-refractivity contribution is 0.149. The fourth-order valence-corrected chi connectivity index (χ4v) is 2.97. The third-order valence-corrected chi connectivity index (χ3v) is 3.94. The normalized spacial score (nSPS) is 33.6. The van der Waals surface area contributed by atoms with E-state index in [-0.39, 0.29) is 0 Å². The van der Waals surface area contributed by atoms with E-state index in [0.717, 1.165) is 5.92 Å². The number of hydrogen-bond donors (Lipinski definition) is 1. The van der Waals surface area contributed by atoms with E-state index in [1.54, 1.807) is 0 Å². The van der Waals surface area contributed by atoms with Crippen LogP contribution in [0.3, 0.4) is 0 Å². The van der Waals surface area contributed by atoms with Crippen molar-refractivity contribution in [3.63, 3.8) is 0 Å². The average Bonchev–Trinajstić information content (AvgIpc) is 2.74. The molecule has 14 heavy (non-hydrogen) atoms. The molecule has 0 amide bonds. The molecule has 1 atom stereocenters. The number of nitrogens with one attached hydrogen (secondary N) is 1. The summed E-state index contributed by atoms with van der Waals surface area (Å²) in [7, 11) is 0. The zero-order valence-electron chi connectivity index (χ0n) is 9.68. The molecule has 2 nitrogen and oxygen atoms in total. The summed E-state index contributed by atoms with van der Waals surface area (Å²) >= 11 is 0. The maximum atomic E-state index is 3.53. The summed E-state index contributed by atoms with van der Waals surface area (Å²) in [5, 5.41) is 3.53. The van der Waals surface area contributed by atoms with Crippen LogP contribution < -0.4 is 5.32 Å². The van der Waals surface area contributed by atoms with Crippen LogP contribution in [0.1, 0.15) is 39.5 Å². The largest absolute Gasteiger partial charge is 0.315 e. The summed E-state index contributed by atoms with van der Waals surface area (Å²) in [5.41, 5.74) is 0.564. The van der Waals surface area contributed by atoms with Gasteiger partial charge in [-0.25, -0.2) is 0 Å². The third-order valence-electron chi connectivity index (χ3n) is 3.94. The molecular weight excluding hydrogens is 172 g/mol. The molecule has 82 valence electrons. The first-order chi connectivity index (χ1) is 6.73. The smallest absolute Gasteiger partial charge is 0.0346 e. The van der Waals surface area contributed by atoms with Crippen LogP contribution in [-0.4, -0.2) is 36.6 Å². The van der Waals surface area contributed by atoms with Crippen LogP contribution in [0.15, 0.2) is 0 Å². The van der Waals surface area contributed by atoms with Crippen molar-refractivity contribution in [2.45, 2.75) is 45.1 Å². The summed E-state index contributed by atoms with van der Waals surface area (Å²) in [4.78, 5) is 2.76. The van der Waals surface area contributed by atoms with E-state index in [2.05, 4.69) is 24.1 Å². The molecule has 0 radical (unpaired) electrons. The van der Waals surface area contributed by atoms with Gasteiger partial charge in [0.2, 0.25) is 0 Å². The van der Waals surface area contributed by atoms with Crippen molar-refractivity contribution in [1.82, 2.24) is 10.2 Å². The lowest BCUT2D eigenvalue weighted by Gasteiger charge is -2.34. The monoisotopic (exact) mass is 196 g/mol. The first-order valence-electron chi connectivity index (χ1n) is 6.19. The van der Waals surface area contributed by atoms with Gasteiger partial charge in [-0.15, -0.1) is 0 Å². The highest BCUT2D eigenvalue weighted by Gasteiger charge is 2.42. The zero-order valence-corrected chi connectivity index (χ0v) is 9.68. The molecule has 0 aromatic heterocycles. The van der Waals surface area contributed by atoms with Gasteiger partial charge in [0.25, 0.3) is 0 Å². The van der Waals surface area contributed by atoms with Crippen molar-refractivity contribution in [3.05, 3.63) is 0 Å². The van der Waals surface area contributed by atoms with Crippen LogP contribution >= 0.6 is 0 Å². The second-order valence-electron chi connectivity index (χ2n) is 5.42. The number of rotatable bonds is 3. The summed E-state index contributed by atoms with van der Waals surface area (Å²) in [6.45, 7) is 9.79. The Morgan fingerprint density at radius 3 is 2.86 bits per heavy atom. The second kappa shape index (κ2) is 4.19. The van der Waals surface area contributed by atoms with Gasteiger partial charge in [0.1, 0.15) is 0 Å². The fourth-order valence-electron chi connectivity index (χ4n) is 2.97. The topological polar surface area (TPSA) is 15.3 Å². The second-order valence-corrected chi connectivity index (χ2v) is 5.42. The Bertz CT molecular complexity index is 177. The lowest BCUT2D eigenvalue weighted by Crippen LogP contribution is -2.46. The summed E-state index contributed by atoms with van der Waals surface area (Å²) in [6, 6.07) is 0. The van der Waals surface area contributed by atoms with Crippen molar-refractivity contribution in [2.24, 2.45) is 5.92 Å². The summed E-state index contributed by atoms with van der Waals surface area (Å²) in [6.07, 6.45) is 5.59. The van der Waals surface area contributed by atoms with Crippen molar-refractivity contribution >= 4 is 0 Å². The Balaban J connectivity index is 1.90. The van der Waals surface area contributed by atoms with Gasteiger partial charge in [0, 0.05) is 12.1 Å². The van der Waals surface area contributed by atoms with Gasteiger partial charge < -0.3 is 5.32 Å². The van der Waals surface area contributed by atoms with Crippen molar-refractivity contribution in [2.75, 3.05) is 26.2 Å². The van der Waals surface area contributed by atoms with E-state index in [9.17, 15) is 0 Å². The SMILES string of the molecule is CC(C)CCN1CCCC12CCNC2. The Kier molecular flexibility index (Phi) is 3.13. The minimum Gasteiger partial charge on any atom is -0.315 e. The van der Waals surface area contributed by atoms with Crippen LogP contribution in [0.25, 0.3) is 0 Å². The molecular formula is C12H24N2. The lowest BCUT2D eigenvalue weighted by atomic mass is 9.95. The quantitative estimate of drug-likeness (QED) is 0.741. The van der Waals surface area contributed by atoms with E-state index < -0.39 is 0 Å². The van der Waals surface area contributed by atoms with E-state index in [1.807, 2.05) is 0 Å². The summed E-state index contributed by atoms with van der Waals surface area (Å²) < 4.78 is 0. The van der Waals surface area contributed by atoms with E-state index in [1.165, 1.54) is 51.9 Å². The maximum Gasteiger partial charge on any atom is 0.0346 e. The molecule has 0 aromatic carbocycles. The highest BCUT2D eigenvalue weighted by atomic mass is 15.3. The Morgan fingerprint density at radius 2 is 2.21 bits per heavy atom. The van der Waals surface area contributed by atoms with Crippen molar-refractivity contribution < 1.29 is 0 Å². The van der Waals surface area contributed by atoms with Gasteiger partial charge in [-0.05, 0) is 51.2 Å². The molecule has 2 heteroatoms. The van der Waals surface area contributed by atoms with Gasteiger partial charge in [0.15, 0.2) is 0 Å². The standard InChI is InChI=1S/C12H24N2/c1-11(2)4-9-14-8-3-5-12(14)6-7-13-10-12/h11,13H,3-10H2,1-2H3. The molecule has 1 N–H and O–H groups in total. The van der Waals surface area contributed by atoms with Gasteiger partial charge in [-0.2, -0.15) is 0 Å². The van der Waals surface area contributed by atoms with E-state index in [0.29, 0.717) is 5.54 Å². The first-order valence-corrected chi connectivity index (χ1v) is 6.19. The van der Waals surface area contributed by atoms with Crippen molar-refractivity contribution in [3.8, 4) is 0 Å². The molecule has 0 bridgehead atoms. The molecule has 2 aliphatic heterocycles. The molecule has 0 saturated carbocycles. The molecule has 2 saturated heterocycles. The first kappa shape index (κ1) is 10.4. The van der Waals surface area contributed by atoms with Crippen LogP contribution in [0, 0.1) is 5.92 Å². The van der Waals surface area contributed by atoms with Crippen molar-refractivity contribution in [1.29, 1.82) is 0 Å². The molecule has 1 spiro atoms. The molecule has 2 aliphatic rings. The molecule has 2 fully saturated rings. The van der Waals surface area contributed by atoms with Gasteiger partial charge in [-0.3, -0.25) is 4.90 Å². The predicted molar refractivity (Wildman–Crippen MR) is 60.5 cm³/mol. The Morgan fingerprint density at radius 1 is 1.36 bits per heavy atom. The number of nitrogens with zero attached hydrogens (tertiary/aromatic N) is 1. The van der Waals surface area contributed by atoms with Crippen LogP contribution in [0.5, 0.6) is 0 Å². The van der Waals surface area contributed by atoms with Crippen LogP contribution in [-0.2, 0) is 0 Å². The molecule has 2 heterocycles. The molecule has 0 aliphatic carbocycles. The highest BCUT2D eigenvalue weighted by Crippen LogP contribution is 2.34. The summed E-state index contributed by atoms with van der Waals surface area (Å²) in [5.74, 6) is 0.849. The van der Waals surface area contributed by atoms with E-state index >= 15 is 0 Å². The van der Waals surface area contributed by atoms with Gasteiger partial charge >= 0.3 is 0 Å². The Hall–Kier alpha value is -0.0800. The highest BCUT2D eigenvalue weighted by molar-refractivity contribution is 5.01. The minimum atomic E-state index is 0.564. The van der Waals surface area contributed by atoms with Gasteiger partial charge in [-0.1, -0.05) is 13.8 Å². The molecule has 2 rings (SSSR count). The van der Waals surface area contributed by atoms with Crippen LogP contribution in [0.4, 0.5) is 0 Å². The predicted octanol–water partition coefficient (Wildman–Crippen LogP) is 1.86. The maximum absolute atomic E-state index is 3.53.